The SMILES string of the molecule is CCNC(=NCc1nc(C)no1)NC1CCN(c2cccs2)CC1. The Labute approximate surface area is 146 Å². The monoisotopic (exact) mass is 348 g/mol. The second-order valence-corrected chi connectivity index (χ2v) is 6.71. The van der Waals surface area contributed by atoms with Gasteiger partial charge in [0.25, 0.3) is 0 Å². The summed E-state index contributed by atoms with van der Waals surface area (Å²) >= 11 is 1.81. The lowest BCUT2D eigenvalue weighted by Gasteiger charge is -2.33. The van der Waals surface area contributed by atoms with Crippen molar-refractivity contribution in [3.8, 4) is 0 Å². The van der Waals surface area contributed by atoms with Gasteiger partial charge in [0, 0.05) is 25.7 Å². The second kappa shape index (κ2) is 8.14. The minimum atomic E-state index is 0.393. The van der Waals surface area contributed by atoms with Gasteiger partial charge in [-0.3, -0.25) is 0 Å². The number of guanidine groups is 1. The first-order valence-electron chi connectivity index (χ1n) is 8.37. The second-order valence-electron chi connectivity index (χ2n) is 5.79. The zero-order chi connectivity index (χ0) is 16.8. The van der Waals surface area contributed by atoms with Crippen molar-refractivity contribution in [1.82, 2.24) is 20.8 Å². The Morgan fingerprint density at radius 3 is 2.92 bits per heavy atom. The van der Waals surface area contributed by atoms with Crippen LogP contribution < -0.4 is 15.5 Å². The van der Waals surface area contributed by atoms with E-state index in [0.29, 0.717) is 24.3 Å². The van der Waals surface area contributed by atoms with E-state index < -0.39 is 0 Å². The lowest BCUT2D eigenvalue weighted by Crippen LogP contribution is -2.48. The van der Waals surface area contributed by atoms with Crippen LogP contribution in [0.25, 0.3) is 0 Å². The third-order valence-corrected chi connectivity index (χ3v) is 4.87. The Kier molecular flexibility index (Phi) is 5.68. The quantitative estimate of drug-likeness (QED) is 0.637. The molecule has 0 radical (unpaired) electrons. The zero-order valence-corrected chi connectivity index (χ0v) is 15.0. The van der Waals surface area contributed by atoms with E-state index in [0.717, 1.165) is 38.4 Å². The van der Waals surface area contributed by atoms with E-state index in [4.69, 9.17) is 4.52 Å². The zero-order valence-electron chi connectivity index (χ0n) is 14.2. The molecule has 0 atom stereocenters. The smallest absolute Gasteiger partial charge is 0.248 e. The number of aromatic nitrogens is 2. The molecule has 1 aliphatic rings. The summed E-state index contributed by atoms with van der Waals surface area (Å²) in [6, 6.07) is 4.74. The minimum absolute atomic E-state index is 0.393. The van der Waals surface area contributed by atoms with Crippen molar-refractivity contribution in [3.05, 3.63) is 29.2 Å². The molecule has 2 aromatic rings. The fourth-order valence-corrected chi connectivity index (χ4v) is 3.54. The molecule has 1 saturated heterocycles. The van der Waals surface area contributed by atoms with Gasteiger partial charge in [-0.1, -0.05) is 5.16 Å². The van der Waals surface area contributed by atoms with Crippen molar-refractivity contribution < 1.29 is 4.52 Å². The molecule has 0 bridgehead atoms. The largest absolute Gasteiger partial charge is 0.363 e. The van der Waals surface area contributed by atoms with E-state index in [1.165, 1.54) is 5.00 Å². The van der Waals surface area contributed by atoms with Crippen molar-refractivity contribution >= 4 is 22.3 Å². The average molecular weight is 348 g/mol. The molecule has 0 aromatic carbocycles. The molecule has 3 heterocycles. The topological polar surface area (TPSA) is 78.6 Å². The molecule has 1 aliphatic heterocycles. The third-order valence-electron chi connectivity index (χ3n) is 3.94. The number of hydrogen-bond acceptors (Lipinski definition) is 6. The van der Waals surface area contributed by atoms with E-state index in [2.05, 4.69) is 55.1 Å². The summed E-state index contributed by atoms with van der Waals surface area (Å²) in [5, 5.41) is 14.1. The molecule has 0 aliphatic carbocycles. The van der Waals surface area contributed by atoms with Gasteiger partial charge in [0.2, 0.25) is 5.89 Å². The standard InChI is InChI=1S/C16H24N6OS/c1-3-17-16(18-11-14-19-12(2)21-23-14)20-13-6-8-22(9-7-13)15-5-4-10-24-15/h4-5,10,13H,3,6-9,11H2,1-2H3,(H2,17,18,20). The van der Waals surface area contributed by atoms with Crippen molar-refractivity contribution in [3.63, 3.8) is 0 Å². The van der Waals surface area contributed by atoms with E-state index in [-0.39, 0.29) is 0 Å². The fourth-order valence-electron chi connectivity index (χ4n) is 2.76. The number of aliphatic imine (C=N–C) groups is 1. The first-order valence-corrected chi connectivity index (χ1v) is 9.25. The summed E-state index contributed by atoms with van der Waals surface area (Å²) in [7, 11) is 0. The molecule has 8 heteroatoms. The maximum Gasteiger partial charge on any atom is 0.248 e. The number of rotatable bonds is 5. The first-order chi connectivity index (χ1) is 11.7. The molecular formula is C16H24N6OS. The molecule has 0 unspecified atom stereocenters. The molecular weight excluding hydrogens is 324 g/mol. The predicted octanol–water partition coefficient (Wildman–Crippen LogP) is 2.16. The summed E-state index contributed by atoms with van der Waals surface area (Å²) in [6.45, 7) is 7.23. The summed E-state index contributed by atoms with van der Waals surface area (Å²) in [5.74, 6) is 1.99. The van der Waals surface area contributed by atoms with Crippen molar-refractivity contribution in [2.75, 3.05) is 24.5 Å². The van der Waals surface area contributed by atoms with Gasteiger partial charge >= 0.3 is 0 Å². The van der Waals surface area contributed by atoms with Gasteiger partial charge in [-0.25, -0.2) is 4.99 Å². The van der Waals surface area contributed by atoms with Gasteiger partial charge in [0.15, 0.2) is 11.8 Å². The van der Waals surface area contributed by atoms with E-state index >= 15 is 0 Å². The third kappa shape index (κ3) is 4.47. The number of nitrogens with one attached hydrogen (secondary N) is 2. The molecule has 0 spiro atoms. The molecule has 1 fully saturated rings. The normalized spacial score (nSPS) is 16.4. The lowest BCUT2D eigenvalue weighted by molar-refractivity contribution is 0.376. The van der Waals surface area contributed by atoms with Crippen molar-refractivity contribution in [2.24, 2.45) is 4.99 Å². The van der Waals surface area contributed by atoms with Gasteiger partial charge < -0.3 is 20.1 Å². The van der Waals surface area contributed by atoms with Gasteiger partial charge in [0.05, 0.1) is 5.00 Å². The number of aryl methyl sites for hydroxylation is 1. The van der Waals surface area contributed by atoms with Crippen LogP contribution in [0.4, 0.5) is 5.00 Å². The van der Waals surface area contributed by atoms with Crippen LogP contribution in [0.3, 0.4) is 0 Å². The molecule has 3 rings (SSSR count). The highest BCUT2D eigenvalue weighted by molar-refractivity contribution is 7.14. The Morgan fingerprint density at radius 1 is 1.46 bits per heavy atom. The Bertz CT molecular complexity index is 645. The van der Waals surface area contributed by atoms with Crippen molar-refractivity contribution in [2.45, 2.75) is 39.3 Å². The van der Waals surface area contributed by atoms with Crippen LogP contribution in [0.2, 0.25) is 0 Å². The summed E-state index contributed by atoms with van der Waals surface area (Å²) in [5.41, 5.74) is 0. The molecule has 0 amide bonds. The van der Waals surface area contributed by atoms with Gasteiger partial charge in [-0.05, 0) is 44.2 Å². The highest BCUT2D eigenvalue weighted by atomic mass is 32.1. The average Bonchev–Trinajstić information content (AvgIpc) is 3.25. The molecule has 130 valence electrons. The Morgan fingerprint density at radius 2 is 2.29 bits per heavy atom. The van der Waals surface area contributed by atoms with Gasteiger partial charge in [-0.15, -0.1) is 11.3 Å². The fraction of sp³-hybridized carbons (Fsp3) is 0.562. The van der Waals surface area contributed by atoms with Gasteiger partial charge in [0.1, 0.15) is 6.54 Å². The van der Waals surface area contributed by atoms with Crippen LogP contribution in [0, 0.1) is 6.92 Å². The van der Waals surface area contributed by atoms with E-state index in [9.17, 15) is 0 Å². The summed E-state index contributed by atoms with van der Waals surface area (Å²) in [4.78, 5) is 11.2. The summed E-state index contributed by atoms with van der Waals surface area (Å²) < 4.78 is 5.11. The maximum absolute atomic E-state index is 5.11. The number of piperidine rings is 1. The van der Waals surface area contributed by atoms with Crippen LogP contribution >= 0.6 is 11.3 Å². The van der Waals surface area contributed by atoms with Crippen molar-refractivity contribution in [1.29, 1.82) is 0 Å². The van der Waals surface area contributed by atoms with E-state index in [1.807, 2.05) is 6.92 Å². The van der Waals surface area contributed by atoms with Crippen LogP contribution in [-0.2, 0) is 6.54 Å². The number of thiophene rings is 1. The molecule has 2 aromatic heterocycles. The Balaban J connectivity index is 1.52. The molecule has 2 N–H and O–H groups in total. The highest BCUT2D eigenvalue weighted by Gasteiger charge is 2.20. The van der Waals surface area contributed by atoms with Crippen LogP contribution in [0.1, 0.15) is 31.5 Å². The first kappa shape index (κ1) is 16.8. The maximum atomic E-state index is 5.11. The number of anilines is 1. The number of hydrogen-bond donors (Lipinski definition) is 2. The molecule has 24 heavy (non-hydrogen) atoms. The Hall–Kier alpha value is -2.09. The van der Waals surface area contributed by atoms with Crippen LogP contribution in [-0.4, -0.2) is 41.8 Å². The highest BCUT2D eigenvalue weighted by Crippen LogP contribution is 2.24. The van der Waals surface area contributed by atoms with Crippen LogP contribution in [0.15, 0.2) is 27.0 Å². The lowest BCUT2D eigenvalue weighted by atomic mass is 10.1. The van der Waals surface area contributed by atoms with Crippen LogP contribution in [0.5, 0.6) is 0 Å². The summed E-state index contributed by atoms with van der Waals surface area (Å²) in [6.07, 6.45) is 2.20. The molecule has 0 saturated carbocycles. The number of nitrogens with zero attached hydrogens (tertiary/aromatic N) is 4. The van der Waals surface area contributed by atoms with E-state index in [1.54, 1.807) is 11.3 Å². The predicted molar refractivity (Wildman–Crippen MR) is 96.5 cm³/mol. The molecule has 7 nitrogen and oxygen atoms in total. The minimum Gasteiger partial charge on any atom is -0.363 e. The van der Waals surface area contributed by atoms with Gasteiger partial charge in [-0.2, -0.15) is 4.98 Å².